The number of halogens is 1. The van der Waals surface area contributed by atoms with Crippen LogP contribution in [0.3, 0.4) is 0 Å². The Labute approximate surface area is 104 Å². The van der Waals surface area contributed by atoms with Crippen LogP contribution in [0, 0.1) is 17.7 Å². The van der Waals surface area contributed by atoms with Gasteiger partial charge >= 0.3 is 5.97 Å². The average Bonchev–Trinajstić information content (AvgIpc) is 3.07. The molecule has 0 aliphatic heterocycles. The highest BCUT2D eigenvalue weighted by Crippen LogP contribution is 2.40. The fourth-order valence-electron chi connectivity index (χ4n) is 2.01. The summed E-state index contributed by atoms with van der Waals surface area (Å²) in [5, 5.41) is 8.76. The lowest BCUT2D eigenvalue weighted by molar-refractivity contribution is -0.141. The van der Waals surface area contributed by atoms with E-state index in [0.717, 1.165) is 0 Å². The van der Waals surface area contributed by atoms with Crippen molar-refractivity contribution in [1.29, 1.82) is 0 Å². The van der Waals surface area contributed by atoms with E-state index >= 15 is 0 Å². The maximum Gasteiger partial charge on any atom is 0.307 e. The van der Waals surface area contributed by atoms with Crippen LogP contribution in [0.2, 0.25) is 0 Å². The van der Waals surface area contributed by atoms with Crippen molar-refractivity contribution in [3.63, 3.8) is 0 Å². The molecule has 4 nitrogen and oxygen atoms in total. The second-order valence-electron chi connectivity index (χ2n) is 4.61. The molecule has 1 fully saturated rings. The van der Waals surface area contributed by atoms with E-state index in [0.29, 0.717) is 18.5 Å². The fourth-order valence-corrected chi connectivity index (χ4v) is 2.01. The van der Waals surface area contributed by atoms with E-state index in [9.17, 15) is 14.0 Å². The lowest BCUT2D eigenvalue weighted by atomic mass is 10.2. The van der Waals surface area contributed by atoms with Crippen LogP contribution >= 0.6 is 0 Å². The van der Waals surface area contributed by atoms with Gasteiger partial charge in [0.25, 0.3) is 0 Å². The molecule has 1 aliphatic carbocycles. The molecule has 2 atom stereocenters. The van der Waals surface area contributed by atoms with Gasteiger partial charge in [0.05, 0.1) is 11.8 Å². The first-order valence-corrected chi connectivity index (χ1v) is 5.71. The molecular weight excluding hydrogens is 237 g/mol. The number of carbonyl (C=O) groups is 2. The molecule has 0 aromatic heterocycles. The summed E-state index contributed by atoms with van der Waals surface area (Å²) in [6.45, 7) is 0.291. The van der Waals surface area contributed by atoms with Crippen molar-refractivity contribution in [3.8, 4) is 0 Å². The largest absolute Gasteiger partial charge is 0.481 e. The number of carbonyl (C=O) groups excluding carboxylic acids is 1. The number of hydrogen-bond donors (Lipinski definition) is 1. The standard InChI is InChI=1S/C13H14FNO3/c1-15(7-8-3-2-4-9(14)5-8)12(16)10-6-11(10)13(17)18/h2-5,10-11H,6-7H2,1H3,(H,17,18). The molecule has 0 heterocycles. The van der Waals surface area contributed by atoms with Gasteiger partial charge in [-0.15, -0.1) is 0 Å². The van der Waals surface area contributed by atoms with Crippen molar-refractivity contribution in [2.24, 2.45) is 11.8 Å². The van der Waals surface area contributed by atoms with Gasteiger partial charge in [0, 0.05) is 13.6 Å². The van der Waals surface area contributed by atoms with Crippen LogP contribution < -0.4 is 0 Å². The highest BCUT2D eigenvalue weighted by Gasteiger charge is 2.49. The van der Waals surface area contributed by atoms with Gasteiger partial charge in [0.2, 0.25) is 5.91 Å². The van der Waals surface area contributed by atoms with Gasteiger partial charge in [-0.25, -0.2) is 4.39 Å². The van der Waals surface area contributed by atoms with Crippen molar-refractivity contribution in [2.45, 2.75) is 13.0 Å². The number of hydrogen-bond acceptors (Lipinski definition) is 2. The van der Waals surface area contributed by atoms with Gasteiger partial charge in [-0.05, 0) is 24.1 Å². The summed E-state index contributed by atoms with van der Waals surface area (Å²) in [7, 11) is 1.60. The quantitative estimate of drug-likeness (QED) is 0.882. The van der Waals surface area contributed by atoms with E-state index in [2.05, 4.69) is 0 Å². The molecule has 0 spiro atoms. The van der Waals surface area contributed by atoms with Crippen LogP contribution in [0.4, 0.5) is 4.39 Å². The molecule has 96 valence electrons. The van der Waals surface area contributed by atoms with E-state index in [-0.39, 0.29) is 11.7 Å². The highest BCUT2D eigenvalue weighted by atomic mass is 19.1. The van der Waals surface area contributed by atoms with Crippen LogP contribution in [0.1, 0.15) is 12.0 Å². The topological polar surface area (TPSA) is 57.6 Å². The lowest BCUT2D eigenvalue weighted by Gasteiger charge is -2.17. The van der Waals surface area contributed by atoms with Crippen molar-refractivity contribution in [3.05, 3.63) is 35.6 Å². The number of carboxylic acids is 1. The lowest BCUT2D eigenvalue weighted by Crippen LogP contribution is -2.28. The molecule has 1 N–H and O–H groups in total. The predicted molar refractivity (Wildman–Crippen MR) is 62.1 cm³/mol. The van der Waals surface area contributed by atoms with Gasteiger partial charge < -0.3 is 10.0 Å². The zero-order chi connectivity index (χ0) is 13.3. The van der Waals surface area contributed by atoms with Crippen LogP contribution in [-0.2, 0) is 16.1 Å². The van der Waals surface area contributed by atoms with Crippen molar-refractivity contribution in [2.75, 3.05) is 7.05 Å². The van der Waals surface area contributed by atoms with Crippen molar-refractivity contribution < 1.29 is 19.1 Å². The zero-order valence-corrected chi connectivity index (χ0v) is 9.97. The first-order valence-electron chi connectivity index (χ1n) is 5.71. The minimum atomic E-state index is -0.924. The Hall–Kier alpha value is -1.91. The molecule has 2 rings (SSSR count). The third-order valence-corrected chi connectivity index (χ3v) is 3.11. The highest BCUT2D eigenvalue weighted by molar-refractivity contribution is 5.89. The first kappa shape index (κ1) is 12.5. The Morgan fingerprint density at radius 2 is 2.17 bits per heavy atom. The summed E-state index contributed by atoms with van der Waals surface area (Å²) in [4.78, 5) is 24.0. The molecule has 1 amide bonds. The van der Waals surface area contributed by atoms with E-state index < -0.39 is 17.8 Å². The Morgan fingerprint density at radius 1 is 1.44 bits per heavy atom. The van der Waals surface area contributed by atoms with Crippen LogP contribution in [0.15, 0.2) is 24.3 Å². The van der Waals surface area contributed by atoms with Gasteiger partial charge in [-0.3, -0.25) is 9.59 Å². The third-order valence-electron chi connectivity index (χ3n) is 3.11. The minimum Gasteiger partial charge on any atom is -0.481 e. The molecule has 0 radical (unpaired) electrons. The molecule has 1 aliphatic rings. The van der Waals surface area contributed by atoms with Crippen molar-refractivity contribution in [1.82, 2.24) is 4.90 Å². The minimum absolute atomic E-state index is 0.188. The monoisotopic (exact) mass is 251 g/mol. The number of amides is 1. The van der Waals surface area contributed by atoms with Gasteiger partial charge in [-0.2, -0.15) is 0 Å². The molecule has 2 unspecified atom stereocenters. The molecule has 1 aromatic carbocycles. The Balaban J connectivity index is 1.94. The SMILES string of the molecule is CN(Cc1cccc(F)c1)C(=O)C1CC1C(=O)O. The van der Waals surface area contributed by atoms with Crippen LogP contribution in [-0.4, -0.2) is 28.9 Å². The van der Waals surface area contributed by atoms with E-state index in [1.807, 2.05) is 0 Å². The summed E-state index contributed by atoms with van der Waals surface area (Å²) >= 11 is 0. The van der Waals surface area contributed by atoms with E-state index in [4.69, 9.17) is 5.11 Å². The van der Waals surface area contributed by atoms with E-state index in [1.54, 1.807) is 19.2 Å². The van der Waals surface area contributed by atoms with Gasteiger partial charge in [0.1, 0.15) is 5.82 Å². The Kier molecular flexibility index (Phi) is 3.32. The second kappa shape index (κ2) is 4.76. The van der Waals surface area contributed by atoms with Crippen molar-refractivity contribution >= 4 is 11.9 Å². The molecular formula is C13H14FNO3. The summed E-state index contributed by atoms with van der Waals surface area (Å²) in [5.74, 6) is -2.42. The number of aliphatic carboxylic acids is 1. The summed E-state index contributed by atoms with van der Waals surface area (Å²) in [6, 6.07) is 6.02. The summed E-state index contributed by atoms with van der Waals surface area (Å²) in [5.41, 5.74) is 0.693. The second-order valence-corrected chi connectivity index (χ2v) is 4.61. The molecule has 1 saturated carbocycles. The fraction of sp³-hybridized carbons (Fsp3) is 0.385. The van der Waals surface area contributed by atoms with E-state index in [1.165, 1.54) is 17.0 Å². The first-order chi connectivity index (χ1) is 8.49. The molecule has 1 aromatic rings. The predicted octanol–water partition coefficient (Wildman–Crippen LogP) is 1.50. The third kappa shape index (κ3) is 2.67. The molecule has 0 saturated heterocycles. The smallest absolute Gasteiger partial charge is 0.307 e. The number of nitrogens with zero attached hydrogens (tertiary/aromatic N) is 1. The van der Waals surface area contributed by atoms with Crippen LogP contribution in [0.25, 0.3) is 0 Å². The summed E-state index contributed by atoms with van der Waals surface area (Å²) in [6.07, 6.45) is 0.404. The normalized spacial score (nSPS) is 21.4. The van der Waals surface area contributed by atoms with Crippen LogP contribution in [0.5, 0.6) is 0 Å². The molecule has 18 heavy (non-hydrogen) atoms. The van der Waals surface area contributed by atoms with Gasteiger partial charge in [-0.1, -0.05) is 12.1 Å². The Bertz CT molecular complexity index is 489. The number of rotatable bonds is 4. The molecule has 5 heteroatoms. The average molecular weight is 251 g/mol. The maximum atomic E-state index is 13.0. The molecule has 0 bridgehead atoms. The number of carboxylic acid groups (broad SMARTS) is 1. The number of benzene rings is 1. The summed E-state index contributed by atoms with van der Waals surface area (Å²) < 4.78 is 13.0. The zero-order valence-electron chi connectivity index (χ0n) is 9.97. The maximum absolute atomic E-state index is 13.0. The van der Waals surface area contributed by atoms with Gasteiger partial charge in [0.15, 0.2) is 0 Å². The Morgan fingerprint density at radius 3 is 2.72 bits per heavy atom.